The van der Waals surface area contributed by atoms with Gasteiger partial charge in [-0.25, -0.2) is 8.78 Å². The van der Waals surface area contributed by atoms with Crippen molar-refractivity contribution in [1.82, 2.24) is 4.90 Å². The molecular weight excluding hydrogens is 274 g/mol. The van der Waals surface area contributed by atoms with Gasteiger partial charge in [-0.05, 0) is 24.8 Å². The first-order valence-electron chi connectivity index (χ1n) is 7.49. The quantitative estimate of drug-likeness (QED) is 0.928. The van der Waals surface area contributed by atoms with E-state index in [1.54, 1.807) is 4.90 Å². The Balaban J connectivity index is 2.07. The van der Waals surface area contributed by atoms with Gasteiger partial charge in [-0.1, -0.05) is 25.5 Å². The number of nitrogens with zero attached hydrogens (tertiary/aromatic N) is 1. The Morgan fingerprint density at radius 3 is 2.86 bits per heavy atom. The van der Waals surface area contributed by atoms with Crippen LogP contribution in [0.3, 0.4) is 0 Å². The van der Waals surface area contributed by atoms with Crippen molar-refractivity contribution in [2.45, 2.75) is 38.6 Å². The maximum Gasteiger partial charge on any atom is 0.227 e. The fraction of sp³-hybridized carbons (Fsp3) is 0.562. The van der Waals surface area contributed by atoms with Crippen molar-refractivity contribution < 1.29 is 13.6 Å². The van der Waals surface area contributed by atoms with Gasteiger partial charge in [0, 0.05) is 24.7 Å². The molecule has 2 atom stereocenters. The largest absolute Gasteiger partial charge is 0.338 e. The van der Waals surface area contributed by atoms with Crippen molar-refractivity contribution in [3.8, 4) is 0 Å². The molecule has 0 spiro atoms. The summed E-state index contributed by atoms with van der Waals surface area (Å²) in [5.41, 5.74) is 5.87. The highest BCUT2D eigenvalue weighted by Gasteiger charge is 2.30. The van der Waals surface area contributed by atoms with E-state index in [0.717, 1.165) is 25.3 Å². The van der Waals surface area contributed by atoms with Gasteiger partial charge in [-0.2, -0.15) is 0 Å². The Bertz CT molecular complexity index is 507. The van der Waals surface area contributed by atoms with Crippen molar-refractivity contribution in [2.24, 2.45) is 11.7 Å². The summed E-state index contributed by atoms with van der Waals surface area (Å²) in [4.78, 5) is 14.1. The van der Waals surface area contributed by atoms with Crippen LogP contribution in [0.2, 0.25) is 0 Å². The molecular formula is C16H22F2N2O. The fourth-order valence-corrected chi connectivity index (χ4v) is 3.01. The van der Waals surface area contributed by atoms with Crippen LogP contribution in [-0.4, -0.2) is 29.9 Å². The number of rotatable bonds is 4. The Morgan fingerprint density at radius 1 is 1.43 bits per heavy atom. The van der Waals surface area contributed by atoms with Crippen LogP contribution in [0.4, 0.5) is 8.78 Å². The van der Waals surface area contributed by atoms with Crippen molar-refractivity contribution in [1.29, 1.82) is 0 Å². The minimum Gasteiger partial charge on any atom is -0.338 e. The van der Waals surface area contributed by atoms with E-state index >= 15 is 0 Å². The topological polar surface area (TPSA) is 46.3 Å². The molecule has 5 heteroatoms. The molecule has 21 heavy (non-hydrogen) atoms. The molecule has 0 bridgehead atoms. The summed E-state index contributed by atoms with van der Waals surface area (Å²) in [6, 6.07) is 3.93. The number of piperidine rings is 1. The highest BCUT2D eigenvalue weighted by molar-refractivity contribution is 5.79. The Labute approximate surface area is 124 Å². The van der Waals surface area contributed by atoms with Crippen molar-refractivity contribution >= 4 is 5.91 Å². The van der Waals surface area contributed by atoms with E-state index in [1.165, 1.54) is 12.1 Å². The molecule has 1 amide bonds. The minimum atomic E-state index is -0.932. The third-order valence-corrected chi connectivity index (χ3v) is 4.37. The van der Waals surface area contributed by atoms with Gasteiger partial charge in [-0.3, -0.25) is 4.79 Å². The third kappa shape index (κ3) is 3.59. The van der Waals surface area contributed by atoms with Crippen LogP contribution < -0.4 is 5.73 Å². The highest BCUT2D eigenvalue weighted by Crippen LogP contribution is 2.25. The van der Waals surface area contributed by atoms with Crippen LogP contribution in [0.15, 0.2) is 18.2 Å². The highest BCUT2D eigenvalue weighted by atomic mass is 19.2. The van der Waals surface area contributed by atoms with Crippen LogP contribution >= 0.6 is 0 Å². The summed E-state index contributed by atoms with van der Waals surface area (Å²) in [5.74, 6) is -1.43. The van der Waals surface area contributed by atoms with E-state index < -0.39 is 11.6 Å². The van der Waals surface area contributed by atoms with Gasteiger partial charge >= 0.3 is 0 Å². The molecule has 0 aliphatic carbocycles. The van der Waals surface area contributed by atoms with Gasteiger partial charge in [-0.15, -0.1) is 0 Å². The number of carbonyl (C=O) groups is 1. The fourth-order valence-electron chi connectivity index (χ4n) is 3.01. The molecule has 2 unspecified atom stereocenters. The predicted octanol–water partition coefficient (Wildman–Crippen LogP) is 2.48. The maximum atomic E-state index is 13.7. The predicted molar refractivity (Wildman–Crippen MR) is 77.6 cm³/mol. The van der Waals surface area contributed by atoms with E-state index in [9.17, 15) is 13.6 Å². The first kappa shape index (κ1) is 15.9. The maximum absolute atomic E-state index is 13.7. The zero-order valence-electron chi connectivity index (χ0n) is 12.3. The van der Waals surface area contributed by atoms with Gasteiger partial charge in [0.2, 0.25) is 5.91 Å². The molecule has 0 saturated carbocycles. The van der Waals surface area contributed by atoms with Crippen LogP contribution in [-0.2, 0) is 11.2 Å². The lowest BCUT2D eigenvalue weighted by atomic mass is 9.88. The Hall–Kier alpha value is -1.49. The van der Waals surface area contributed by atoms with Gasteiger partial charge in [0.1, 0.15) is 0 Å². The first-order chi connectivity index (χ1) is 10.1. The van der Waals surface area contributed by atoms with Gasteiger partial charge in [0.25, 0.3) is 0 Å². The molecule has 3 nitrogen and oxygen atoms in total. The lowest BCUT2D eigenvalue weighted by Crippen LogP contribution is -2.50. The van der Waals surface area contributed by atoms with Gasteiger partial charge < -0.3 is 10.6 Å². The molecule has 1 heterocycles. The molecule has 0 radical (unpaired) electrons. The molecule has 116 valence electrons. The lowest BCUT2D eigenvalue weighted by Gasteiger charge is -2.39. The monoisotopic (exact) mass is 296 g/mol. The molecule has 0 aromatic heterocycles. The first-order valence-corrected chi connectivity index (χ1v) is 7.49. The van der Waals surface area contributed by atoms with E-state index in [2.05, 4.69) is 6.92 Å². The second-order valence-electron chi connectivity index (χ2n) is 5.67. The van der Waals surface area contributed by atoms with E-state index in [-0.39, 0.29) is 23.9 Å². The number of hydrogen-bond donors (Lipinski definition) is 1. The molecule has 2 rings (SSSR count). The number of amides is 1. The van der Waals surface area contributed by atoms with Gasteiger partial charge in [0.05, 0.1) is 6.42 Å². The molecule has 1 aliphatic rings. The van der Waals surface area contributed by atoms with Crippen molar-refractivity contribution in [3.63, 3.8) is 0 Å². The van der Waals surface area contributed by atoms with E-state index in [4.69, 9.17) is 5.73 Å². The standard InChI is InChI=1S/C16H22F2N2O/c1-2-11-6-7-20(13(8-11)10-19)15(21)9-12-4-3-5-14(17)16(12)18/h3-5,11,13H,2,6-10,19H2,1H3. The summed E-state index contributed by atoms with van der Waals surface area (Å²) < 4.78 is 26.8. The zero-order valence-corrected chi connectivity index (χ0v) is 12.3. The van der Waals surface area contributed by atoms with Crippen LogP contribution in [0.5, 0.6) is 0 Å². The SMILES string of the molecule is CCC1CCN(C(=O)Cc2cccc(F)c2F)C(CN)C1. The Kier molecular flexibility index (Phi) is 5.28. The summed E-state index contributed by atoms with van der Waals surface area (Å²) >= 11 is 0. The Morgan fingerprint density at radius 2 is 2.19 bits per heavy atom. The van der Waals surface area contributed by atoms with E-state index in [0.29, 0.717) is 19.0 Å². The summed E-state index contributed by atoms with van der Waals surface area (Å²) in [6.45, 7) is 3.20. The third-order valence-electron chi connectivity index (χ3n) is 4.37. The normalized spacial score (nSPS) is 22.4. The minimum absolute atomic E-state index is 0.00724. The van der Waals surface area contributed by atoms with Crippen LogP contribution in [0.1, 0.15) is 31.7 Å². The molecule has 1 saturated heterocycles. The summed E-state index contributed by atoms with van der Waals surface area (Å²) in [5, 5.41) is 0. The summed E-state index contributed by atoms with van der Waals surface area (Å²) in [7, 11) is 0. The van der Waals surface area contributed by atoms with Crippen LogP contribution in [0, 0.1) is 17.6 Å². The lowest BCUT2D eigenvalue weighted by molar-refractivity contribution is -0.134. The molecule has 1 aliphatic heterocycles. The smallest absolute Gasteiger partial charge is 0.227 e. The molecule has 2 N–H and O–H groups in total. The second kappa shape index (κ2) is 6.98. The number of nitrogens with two attached hydrogens (primary N) is 1. The van der Waals surface area contributed by atoms with Gasteiger partial charge in [0.15, 0.2) is 11.6 Å². The van der Waals surface area contributed by atoms with Crippen LogP contribution in [0.25, 0.3) is 0 Å². The zero-order chi connectivity index (χ0) is 15.4. The molecule has 1 aromatic rings. The summed E-state index contributed by atoms with van der Waals surface area (Å²) in [6.07, 6.45) is 2.81. The van der Waals surface area contributed by atoms with Crippen molar-refractivity contribution in [3.05, 3.63) is 35.4 Å². The van der Waals surface area contributed by atoms with E-state index in [1.807, 2.05) is 0 Å². The number of carbonyl (C=O) groups excluding carboxylic acids is 1. The number of benzene rings is 1. The average Bonchev–Trinajstić information content (AvgIpc) is 2.51. The van der Waals surface area contributed by atoms with Crippen molar-refractivity contribution in [2.75, 3.05) is 13.1 Å². The number of hydrogen-bond acceptors (Lipinski definition) is 2. The number of likely N-dealkylation sites (tertiary alicyclic amines) is 1. The average molecular weight is 296 g/mol. The second-order valence-corrected chi connectivity index (χ2v) is 5.67. The molecule has 1 fully saturated rings. The number of halogens is 2. The molecule has 1 aromatic carbocycles.